The summed E-state index contributed by atoms with van der Waals surface area (Å²) in [7, 11) is 3.50. The fraction of sp³-hybridized carbons (Fsp3) is 0.846. The van der Waals surface area contributed by atoms with E-state index in [2.05, 4.69) is 21.9 Å². The molecule has 1 aliphatic rings. The Bertz CT molecular complexity index is 325. The monoisotopic (exact) mass is 414 g/mol. The fourth-order valence-electron chi connectivity index (χ4n) is 2.09. The van der Waals surface area contributed by atoms with E-state index >= 15 is 0 Å². The van der Waals surface area contributed by atoms with Crippen molar-refractivity contribution in [1.29, 1.82) is 0 Å². The lowest BCUT2D eigenvalue weighted by Crippen LogP contribution is -2.43. The Morgan fingerprint density at radius 2 is 2.10 bits per heavy atom. The molecule has 0 radical (unpaired) electrons. The molecule has 118 valence electrons. The number of hydrogen-bond donors (Lipinski definition) is 2. The van der Waals surface area contributed by atoms with E-state index in [1.54, 1.807) is 19.0 Å². The Balaban J connectivity index is 0.00000361. The van der Waals surface area contributed by atoms with E-state index in [-0.39, 0.29) is 36.4 Å². The van der Waals surface area contributed by atoms with Crippen LogP contribution in [0.5, 0.6) is 0 Å². The molecule has 20 heavy (non-hydrogen) atoms. The van der Waals surface area contributed by atoms with Crippen molar-refractivity contribution in [3.63, 3.8) is 0 Å². The van der Waals surface area contributed by atoms with Crippen molar-refractivity contribution >= 4 is 47.6 Å². The van der Waals surface area contributed by atoms with Gasteiger partial charge in [0.1, 0.15) is 6.54 Å². The van der Waals surface area contributed by atoms with Crippen molar-refractivity contribution < 1.29 is 4.79 Å². The number of hydrogen-bond acceptors (Lipinski definition) is 3. The second-order valence-corrected chi connectivity index (χ2v) is 6.13. The lowest BCUT2D eigenvalue weighted by Gasteiger charge is -2.17. The number of nitrogens with zero attached hydrogens (tertiary/aromatic N) is 2. The Hall–Kier alpha value is -0.180. The molecule has 0 saturated heterocycles. The Labute approximate surface area is 143 Å². The molecule has 0 spiro atoms. The molecule has 7 heteroatoms. The molecule has 1 fully saturated rings. The quantitative estimate of drug-likeness (QED) is 0.407. The molecule has 0 aromatic heterocycles. The molecule has 5 nitrogen and oxygen atoms in total. The van der Waals surface area contributed by atoms with E-state index < -0.39 is 0 Å². The number of carbonyl (C=O) groups is 1. The standard InChI is InChI=1S/C13H26N4OS.HI/c1-5-14-13(15-9-12(18)17(2)3)16-10-6-7-11(8-10)19-4;/h10-11H,5-9H2,1-4H3,(H2,14,15,16);1H. The van der Waals surface area contributed by atoms with E-state index in [1.807, 2.05) is 18.7 Å². The number of thioether (sulfide) groups is 1. The van der Waals surface area contributed by atoms with Gasteiger partial charge in [-0.25, -0.2) is 4.99 Å². The van der Waals surface area contributed by atoms with Crippen LogP contribution in [0.1, 0.15) is 26.2 Å². The van der Waals surface area contributed by atoms with Gasteiger partial charge in [0, 0.05) is 31.9 Å². The van der Waals surface area contributed by atoms with Gasteiger partial charge in [-0.1, -0.05) is 0 Å². The molecule has 1 aliphatic carbocycles. The smallest absolute Gasteiger partial charge is 0.243 e. The number of aliphatic imine (C=N–C) groups is 1. The topological polar surface area (TPSA) is 56.7 Å². The molecule has 0 aliphatic heterocycles. The van der Waals surface area contributed by atoms with E-state index in [1.165, 1.54) is 19.3 Å². The largest absolute Gasteiger partial charge is 0.357 e. The Morgan fingerprint density at radius 1 is 1.40 bits per heavy atom. The summed E-state index contributed by atoms with van der Waals surface area (Å²) in [5.74, 6) is 0.773. The van der Waals surface area contributed by atoms with E-state index in [9.17, 15) is 4.79 Å². The minimum Gasteiger partial charge on any atom is -0.357 e. The Kier molecular flexibility index (Phi) is 10.4. The third-order valence-corrected chi connectivity index (χ3v) is 4.37. The third-order valence-electron chi connectivity index (χ3n) is 3.27. The highest BCUT2D eigenvalue weighted by molar-refractivity contribution is 14.0. The second kappa shape index (κ2) is 10.5. The summed E-state index contributed by atoms with van der Waals surface area (Å²) in [5.41, 5.74) is 0. The summed E-state index contributed by atoms with van der Waals surface area (Å²) in [4.78, 5) is 17.5. The van der Waals surface area contributed by atoms with Gasteiger partial charge in [-0.3, -0.25) is 4.79 Å². The van der Waals surface area contributed by atoms with Crippen molar-refractivity contribution in [2.45, 2.75) is 37.5 Å². The van der Waals surface area contributed by atoms with E-state index in [0.717, 1.165) is 17.8 Å². The van der Waals surface area contributed by atoms with E-state index in [0.29, 0.717) is 6.04 Å². The first-order chi connectivity index (χ1) is 9.06. The maximum absolute atomic E-state index is 11.5. The normalized spacial score (nSPS) is 22.1. The fourth-order valence-corrected chi connectivity index (χ4v) is 2.88. The maximum atomic E-state index is 11.5. The lowest BCUT2D eigenvalue weighted by atomic mass is 10.2. The molecule has 0 bridgehead atoms. The summed E-state index contributed by atoms with van der Waals surface area (Å²) in [5, 5.41) is 7.38. The average molecular weight is 414 g/mol. The summed E-state index contributed by atoms with van der Waals surface area (Å²) in [6.45, 7) is 3.03. The highest BCUT2D eigenvalue weighted by atomic mass is 127. The molecule has 1 amide bonds. The number of halogens is 1. The third kappa shape index (κ3) is 7.01. The molecule has 1 rings (SSSR count). The van der Waals surface area contributed by atoms with Crippen molar-refractivity contribution in [3.8, 4) is 0 Å². The molecule has 1 saturated carbocycles. The number of likely N-dealkylation sites (N-methyl/N-ethyl adjacent to an activating group) is 1. The van der Waals surface area contributed by atoms with Gasteiger partial charge < -0.3 is 15.5 Å². The second-order valence-electron chi connectivity index (χ2n) is 5.00. The predicted octanol–water partition coefficient (Wildman–Crippen LogP) is 1.53. The van der Waals surface area contributed by atoms with Crippen LogP contribution in [-0.2, 0) is 4.79 Å². The number of guanidine groups is 1. The summed E-state index contributed by atoms with van der Waals surface area (Å²) in [6, 6.07) is 0.477. The first-order valence-corrected chi connectivity index (χ1v) is 8.13. The molecule has 2 N–H and O–H groups in total. The van der Waals surface area contributed by atoms with Crippen LogP contribution in [0, 0.1) is 0 Å². The predicted molar refractivity (Wildman–Crippen MR) is 98.2 cm³/mol. The van der Waals surface area contributed by atoms with Gasteiger partial charge in [-0.2, -0.15) is 11.8 Å². The van der Waals surface area contributed by atoms with Crippen molar-refractivity contribution in [2.24, 2.45) is 4.99 Å². The zero-order valence-corrected chi connectivity index (χ0v) is 16.0. The molecular formula is C13H27IN4OS. The minimum absolute atomic E-state index is 0. The van der Waals surface area contributed by atoms with Gasteiger partial charge in [0.2, 0.25) is 5.91 Å². The average Bonchev–Trinajstić information content (AvgIpc) is 2.83. The van der Waals surface area contributed by atoms with Crippen LogP contribution < -0.4 is 10.6 Å². The first-order valence-electron chi connectivity index (χ1n) is 6.84. The minimum atomic E-state index is 0. The zero-order valence-electron chi connectivity index (χ0n) is 12.8. The number of amides is 1. The summed E-state index contributed by atoms with van der Waals surface area (Å²) in [6.07, 6.45) is 5.78. The van der Waals surface area contributed by atoms with Crippen LogP contribution in [0.15, 0.2) is 4.99 Å². The summed E-state index contributed by atoms with van der Waals surface area (Å²) < 4.78 is 0. The lowest BCUT2D eigenvalue weighted by molar-refractivity contribution is -0.127. The van der Waals surface area contributed by atoms with E-state index in [4.69, 9.17) is 0 Å². The maximum Gasteiger partial charge on any atom is 0.243 e. The zero-order chi connectivity index (χ0) is 14.3. The van der Waals surface area contributed by atoms with Crippen LogP contribution in [0.2, 0.25) is 0 Å². The van der Waals surface area contributed by atoms with Gasteiger partial charge in [-0.15, -0.1) is 24.0 Å². The van der Waals surface area contributed by atoms with Crippen LogP contribution >= 0.6 is 35.7 Å². The molecule has 0 aromatic rings. The first kappa shape index (κ1) is 19.8. The van der Waals surface area contributed by atoms with Gasteiger partial charge in [0.05, 0.1) is 0 Å². The van der Waals surface area contributed by atoms with Crippen molar-refractivity contribution in [1.82, 2.24) is 15.5 Å². The van der Waals surface area contributed by atoms with Gasteiger partial charge in [0.25, 0.3) is 0 Å². The summed E-state index contributed by atoms with van der Waals surface area (Å²) >= 11 is 1.94. The molecule has 2 unspecified atom stereocenters. The number of nitrogens with one attached hydrogen (secondary N) is 2. The van der Waals surface area contributed by atoms with Gasteiger partial charge in [-0.05, 0) is 32.4 Å². The van der Waals surface area contributed by atoms with Crippen molar-refractivity contribution in [3.05, 3.63) is 0 Å². The molecular weight excluding hydrogens is 387 g/mol. The van der Waals surface area contributed by atoms with Crippen molar-refractivity contribution in [2.75, 3.05) is 33.4 Å². The van der Waals surface area contributed by atoms with Gasteiger partial charge >= 0.3 is 0 Å². The molecule has 0 heterocycles. The van der Waals surface area contributed by atoms with Gasteiger partial charge in [0.15, 0.2) is 5.96 Å². The van der Waals surface area contributed by atoms with Crippen LogP contribution in [0.3, 0.4) is 0 Å². The highest BCUT2D eigenvalue weighted by Crippen LogP contribution is 2.27. The van der Waals surface area contributed by atoms with Crippen LogP contribution in [-0.4, -0.2) is 61.5 Å². The molecule has 2 atom stereocenters. The number of carbonyl (C=O) groups excluding carboxylic acids is 1. The SMILES string of the molecule is CCNC(=NCC(=O)N(C)C)NC1CCC(SC)C1.I. The molecule has 0 aromatic carbocycles. The number of rotatable bonds is 5. The van der Waals surface area contributed by atoms with Crippen LogP contribution in [0.4, 0.5) is 0 Å². The highest BCUT2D eigenvalue weighted by Gasteiger charge is 2.24. The van der Waals surface area contributed by atoms with Crippen LogP contribution in [0.25, 0.3) is 0 Å². The Morgan fingerprint density at radius 3 is 2.60 bits per heavy atom.